The van der Waals surface area contributed by atoms with Crippen LogP contribution >= 0.6 is 0 Å². The Kier molecular flexibility index (Phi) is 7.03. The van der Waals surface area contributed by atoms with Gasteiger partial charge in [-0.1, -0.05) is 6.07 Å². The number of aromatic amines is 1. The topological polar surface area (TPSA) is 109 Å². The third-order valence-electron chi connectivity index (χ3n) is 5.51. The van der Waals surface area contributed by atoms with Crippen LogP contribution in [0.5, 0.6) is 5.75 Å². The van der Waals surface area contributed by atoms with Gasteiger partial charge in [-0.15, -0.1) is 0 Å². The van der Waals surface area contributed by atoms with Gasteiger partial charge in [-0.25, -0.2) is 0 Å². The number of fused-ring (bicyclic) bond motifs is 1. The highest BCUT2D eigenvalue weighted by Gasteiger charge is 2.22. The number of halogens is 2. The molecular formula is C23H24F2N4O5. The largest absolute Gasteiger partial charge is 0.435 e. The molecule has 34 heavy (non-hydrogen) atoms. The Balaban J connectivity index is 1.77. The van der Waals surface area contributed by atoms with E-state index >= 15 is 0 Å². The molecule has 3 aromatic rings. The van der Waals surface area contributed by atoms with Gasteiger partial charge in [0.1, 0.15) is 12.4 Å². The van der Waals surface area contributed by atoms with Crippen molar-refractivity contribution in [2.45, 2.75) is 26.0 Å². The molecule has 9 nitrogen and oxygen atoms in total. The number of morpholine rings is 1. The van der Waals surface area contributed by atoms with Gasteiger partial charge < -0.3 is 29.0 Å². The second-order valence-electron chi connectivity index (χ2n) is 7.80. The maximum atomic E-state index is 12.9. The number of nitrogens with zero attached hydrogens (tertiary/aromatic N) is 3. The van der Waals surface area contributed by atoms with Crippen LogP contribution in [0.25, 0.3) is 11.0 Å². The fraction of sp³-hybridized carbons (Fsp3) is 0.348. The summed E-state index contributed by atoms with van der Waals surface area (Å²) in [6.45, 7) is -0.320. The van der Waals surface area contributed by atoms with Crippen molar-refractivity contribution in [3.05, 3.63) is 53.6 Å². The Morgan fingerprint density at radius 2 is 2.12 bits per heavy atom. The van der Waals surface area contributed by atoms with E-state index in [-0.39, 0.29) is 42.1 Å². The Labute approximate surface area is 193 Å². The van der Waals surface area contributed by atoms with Gasteiger partial charge in [0.2, 0.25) is 5.62 Å². The molecule has 0 spiro atoms. The lowest BCUT2D eigenvalue weighted by Gasteiger charge is -2.26. The lowest BCUT2D eigenvalue weighted by Crippen LogP contribution is -2.41. The average Bonchev–Trinajstić information content (AvgIpc) is 3.16. The molecule has 11 heteroatoms. The van der Waals surface area contributed by atoms with E-state index < -0.39 is 12.5 Å². The summed E-state index contributed by atoms with van der Waals surface area (Å²) in [5, 5.41) is 9.45. The number of aliphatic hydroxyl groups excluding tert-OH is 1. The molecule has 1 saturated heterocycles. The van der Waals surface area contributed by atoms with Crippen LogP contribution in [0.1, 0.15) is 29.7 Å². The zero-order valence-electron chi connectivity index (χ0n) is 18.4. The van der Waals surface area contributed by atoms with Gasteiger partial charge in [0.05, 0.1) is 17.6 Å². The number of amides is 2. The number of carbonyl (C=O) groups is 2. The first kappa shape index (κ1) is 23.6. The predicted octanol–water partition coefficient (Wildman–Crippen LogP) is 2.62. The van der Waals surface area contributed by atoms with Crippen molar-refractivity contribution >= 4 is 28.5 Å². The summed E-state index contributed by atoms with van der Waals surface area (Å²) in [4.78, 5) is 34.0. The Bertz CT molecular complexity index is 1270. The second-order valence-corrected chi connectivity index (χ2v) is 7.80. The second kappa shape index (κ2) is 10.1. The van der Waals surface area contributed by atoms with Crippen molar-refractivity contribution in [3.63, 3.8) is 0 Å². The van der Waals surface area contributed by atoms with Crippen molar-refractivity contribution in [1.82, 2.24) is 9.55 Å². The molecular weight excluding hydrogens is 450 g/mol. The highest BCUT2D eigenvalue weighted by Crippen LogP contribution is 2.24. The highest BCUT2D eigenvalue weighted by molar-refractivity contribution is 5.97. The number of carbonyl (C=O) groups excluding carboxylic acids is 2. The molecule has 0 radical (unpaired) electrons. The van der Waals surface area contributed by atoms with Crippen molar-refractivity contribution in [2.24, 2.45) is 4.99 Å². The summed E-state index contributed by atoms with van der Waals surface area (Å²) in [5.41, 5.74) is 2.36. The third-order valence-corrected chi connectivity index (χ3v) is 5.51. The molecule has 180 valence electrons. The SMILES string of the molecule is CC(CCO)n1c(=NC(=O)c2cccc(OC(F)F)c2)[nH]c2cc(N3CCOCC3=O)ccc21. The van der Waals surface area contributed by atoms with Gasteiger partial charge in [-0.05, 0) is 49.7 Å². The fourth-order valence-electron chi connectivity index (χ4n) is 3.90. The standard InChI is InChI=1S/C23H24F2N4O5/c1-14(7-9-30)29-19-6-5-16(28-8-10-33-13-20(28)31)12-18(19)26-23(29)27-21(32)15-3-2-4-17(11-15)34-22(24)25/h2-6,11-12,14,22,30H,7-10,13H2,1H3,(H,26,27,32). The molecule has 1 atom stereocenters. The predicted molar refractivity (Wildman–Crippen MR) is 119 cm³/mol. The molecule has 2 N–H and O–H groups in total. The first-order valence-corrected chi connectivity index (χ1v) is 10.7. The van der Waals surface area contributed by atoms with E-state index in [1.807, 2.05) is 13.0 Å². The smallest absolute Gasteiger partial charge is 0.387 e. The van der Waals surface area contributed by atoms with Crippen molar-refractivity contribution in [2.75, 3.05) is 31.3 Å². The van der Waals surface area contributed by atoms with Crippen molar-refractivity contribution < 1.29 is 33.0 Å². The number of nitrogens with one attached hydrogen (secondary N) is 1. The van der Waals surface area contributed by atoms with E-state index in [9.17, 15) is 23.5 Å². The summed E-state index contributed by atoms with van der Waals surface area (Å²) in [7, 11) is 0. The first-order chi connectivity index (χ1) is 16.4. The summed E-state index contributed by atoms with van der Waals surface area (Å²) in [6, 6.07) is 10.6. The Morgan fingerprint density at radius 3 is 2.85 bits per heavy atom. The number of rotatable bonds is 7. The van der Waals surface area contributed by atoms with Crippen LogP contribution in [-0.2, 0) is 9.53 Å². The minimum atomic E-state index is -3.01. The minimum Gasteiger partial charge on any atom is -0.435 e. The van der Waals surface area contributed by atoms with Crippen LogP contribution < -0.4 is 15.3 Å². The number of ether oxygens (including phenoxy) is 2. The number of alkyl halides is 2. The molecule has 2 heterocycles. The quantitative estimate of drug-likeness (QED) is 0.547. The summed E-state index contributed by atoms with van der Waals surface area (Å²) < 4.78 is 36.4. The molecule has 2 aromatic carbocycles. The van der Waals surface area contributed by atoms with Crippen LogP contribution in [0.2, 0.25) is 0 Å². The third kappa shape index (κ3) is 5.00. The number of aliphatic hydroxyl groups is 1. The van der Waals surface area contributed by atoms with Gasteiger partial charge in [-0.2, -0.15) is 13.8 Å². The van der Waals surface area contributed by atoms with Crippen molar-refractivity contribution in [1.29, 1.82) is 0 Å². The lowest BCUT2D eigenvalue weighted by molar-refractivity contribution is -0.125. The van der Waals surface area contributed by atoms with E-state index in [1.165, 1.54) is 24.3 Å². The number of H-pyrrole nitrogens is 1. The molecule has 1 fully saturated rings. The molecule has 1 aromatic heterocycles. The molecule has 2 amide bonds. The van der Waals surface area contributed by atoms with E-state index in [0.29, 0.717) is 30.8 Å². The van der Waals surface area contributed by atoms with Crippen LogP contribution in [0.4, 0.5) is 14.5 Å². The number of anilines is 1. The zero-order valence-corrected chi connectivity index (χ0v) is 18.4. The molecule has 4 rings (SSSR count). The van der Waals surface area contributed by atoms with Crippen LogP contribution in [0.3, 0.4) is 0 Å². The maximum absolute atomic E-state index is 12.9. The molecule has 1 aliphatic rings. The number of hydrogen-bond donors (Lipinski definition) is 2. The van der Waals surface area contributed by atoms with E-state index in [1.54, 1.807) is 21.6 Å². The number of benzene rings is 2. The Hall–Kier alpha value is -3.57. The Morgan fingerprint density at radius 1 is 1.29 bits per heavy atom. The molecule has 1 aliphatic heterocycles. The number of imidazole rings is 1. The number of hydrogen-bond acceptors (Lipinski definition) is 5. The summed E-state index contributed by atoms with van der Waals surface area (Å²) in [5.74, 6) is -0.946. The molecule has 0 bridgehead atoms. The van der Waals surface area contributed by atoms with Gasteiger partial charge in [0, 0.05) is 30.4 Å². The van der Waals surface area contributed by atoms with Gasteiger partial charge >= 0.3 is 6.61 Å². The van der Waals surface area contributed by atoms with Gasteiger partial charge in [-0.3, -0.25) is 9.59 Å². The summed E-state index contributed by atoms with van der Waals surface area (Å²) >= 11 is 0. The highest BCUT2D eigenvalue weighted by atomic mass is 19.3. The van der Waals surface area contributed by atoms with Gasteiger partial charge in [0.25, 0.3) is 11.8 Å². The normalized spacial score (nSPS) is 15.9. The van der Waals surface area contributed by atoms with E-state index in [2.05, 4.69) is 14.7 Å². The first-order valence-electron chi connectivity index (χ1n) is 10.7. The van der Waals surface area contributed by atoms with Gasteiger partial charge in [0.15, 0.2) is 0 Å². The van der Waals surface area contributed by atoms with E-state index in [4.69, 9.17) is 4.74 Å². The maximum Gasteiger partial charge on any atom is 0.387 e. The average molecular weight is 474 g/mol. The zero-order chi connectivity index (χ0) is 24.2. The van der Waals surface area contributed by atoms with Crippen LogP contribution in [0, 0.1) is 0 Å². The molecule has 0 saturated carbocycles. The summed E-state index contributed by atoms with van der Waals surface area (Å²) in [6.07, 6.45) is 0.412. The van der Waals surface area contributed by atoms with E-state index in [0.717, 1.165) is 5.52 Å². The monoisotopic (exact) mass is 474 g/mol. The van der Waals surface area contributed by atoms with Crippen LogP contribution in [0.15, 0.2) is 47.5 Å². The van der Waals surface area contributed by atoms with Crippen LogP contribution in [-0.4, -0.2) is 59.4 Å². The number of aromatic nitrogens is 2. The minimum absolute atomic E-state index is 0.0136. The lowest BCUT2D eigenvalue weighted by atomic mass is 10.2. The molecule has 0 aliphatic carbocycles. The fourth-order valence-corrected chi connectivity index (χ4v) is 3.90. The van der Waals surface area contributed by atoms with Crippen molar-refractivity contribution in [3.8, 4) is 5.75 Å². The molecule has 1 unspecified atom stereocenters.